The number of aromatic amines is 1. The smallest absolute Gasteiger partial charge is 0.258 e. The van der Waals surface area contributed by atoms with E-state index in [2.05, 4.69) is 20.2 Å². The topological polar surface area (TPSA) is 86.9 Å². The summed E-state index contributed by atoms with van der Waals surface area (Å²) in [4.78, 5) is 0. The Hall–Kier alpha value is -1.22. The van der Waals surface area contributed by atoms with Crippen LogP contribution in [-0.4, -0.2) is 24.7 Å². The number of rotatable bonds is 7. The third kappa shape index (κ3) is 3.52. The van der Waals surface area contributed by atoms with E-state index in [1.54, 1.807) is 17.5 Å². The molecule has 1 aliphatic rings. The molecule has 0 aliphatic heterocycles. The Morgan fingerprint density at radius 3 is 3.00 bits per heavy atom. The van der Waals surface area contributed by atoms with E-state index in [0.29, 0.717) is 18.2 Å². The summed E-state index contributed by atoms with van der Waals surface area (Å²) in [6.45, 7) is 2.35. The van der Waals surface area contributed by atoms with Crippen LogP contribution in [0.4, 0.5) is 0 Å². The van der Waals surface area contributed by atoms with Crippen molar-refractivity contribution in [2.24, 2.45) is 0 Å². The van der Waals surface area contributed by atoms with Crippen LogP contribution in [0, 0.1) is 0 Å². The number of hydrogen-bond acceptors (Lipinski definition) is 5. The van der Waals surface area contributed by atoms with Gasteiger partial charge in [-0.05, 0) is 42.2 Å². The van der Waals surface area contributed by atoms with Crippen LogP contribution in [0.3, 0.4) is 0 Å². The molecule has 1 unspecified atom stereocenters. The molecular formula is C13H18N4O2S2. The summed E-state index contributed by atoms with van der Waals surface area (Å²) >= 11 is 1.55. The molecule has 0 aromatic carbocycles. The fourth-order valence-electron chi connectivity index (χ4n) is 2.08. The van der Waals surface area contributed by atoms with Crippen LogP contribution in [0.15, 0.2) is 28.0 Å². The standard InChI is InChI=1S/C13H18N4O2S2/c1-9(10-4-5-20-8-10)17-21(18,19)13-11(7-15-16-13)6-14-12-2-3-12/h4-5,7-9,12,14,17H,2-3,6H2,1H3,(H,15,16). The molecule has 2 heterocycles. The zero-order valence-corrected chi connectivity index (χ0v) is 13.3. The molecule has 1 aliphatic carbocycles. The molecular weight excluding hydrogens is 308 g/mol. The first-order valence-corrected chi connectivity index (χ1v) is 9.29. The molecule has 8 heteroatoms. The minimum atomic E-state index is -3.60. The van der Waals surface area contributed by atoms with E-state index in [1.165, 1.54) is 0 Å². The predicted octanol–water partition coefficient (Wildman–Crippen LogP) is 1.76. The largest absolute Gasteiger partial charge is 0.310 e. The number of aromatic nitrogens is 2. The van der Waals surface area contributed by atoms with Crippen LogP contribution in [0.1, 0.15) is 36.9 Å². The van der Waals surface area contributed by atoms with Gasteiger partial charge in [-0.25, -0.2) is 13.1 Å². The minimum absolute atomic E-state index is 0.151. The normalized spacial score (nSPS) is 17.0. The average Bonchev–Trinajstić information content (AvgIpc) is 2.95. The summed E-state index contributed by atoms with van der Waals surface area (Å²) in [7, 11) is -3.60. The average molecular weight is 326 g/mol. The van der Waals surface area contributed by atoms with Crippen molar-refractivity contribution in [3.8, 4) is 0 Å². The van der Waals surface area contributed by atoms with E-state index in [-0.39, 0.29) is 11.1 Å². The molecule has 0 amide bonds. The predicted molar refractivity (Wildman–Crippen MR) is 81.5 cm³/mol. The van der Waals surface area contributed by atoms with Crippen molar-refractivity contribution in [2.45, 2.75) is 43.4 Å². The van der Waals surface area contributed by atoms with E-state index >= 15 is 0 Å². The molecule has 6 nitrogen and oxygen atoms in total. The van der Waals surface area contributed by atoms with Gasteiger partial charge in [0.05, 0.1) is 6.20 Å². The lowest BCUT2D eigenvalue weighted by Crippen LogP contribution is -2.28. The van der Waals surface area contributed by atoms with E-state index in [4.69, 9.17) is 0 Å². The zero-order valence-electron chi connectivity index (χ0n) is 11.7. The third-order valence-corrected chi connectivity index (χ3v) is 5.74. The van der Waals surface area contributed by atoms with Crippen LogP contribution in [-0.2, 0) is 16.6 Å². The maximum Gasteiger partial charge on any atom is 0.258 e. The van der Waals surface area contributed by atoms with E-state index in [0.717, 1.165) is 18.4 Å². The highest BCUT2D eigenvalue weighted by molar-refractivity contribution is 7.89. The highest BCUT2D eigenvalue weighted by atomic mass is 32.2. The molecule has 2 aromatic heterocycles. The van der Waals surface area contributed by atoms with Gasteiger partial charge in [-0.3, -0.25) is 5.10 Å². The Morgan fingerprint density at radius 1 is 1.52 bits per heavy atom. The molecule has 0 radical (unpaired) electrons. The van der Waals surface area contributed by atoms with Crippen molar-refractivity contribution in [3.05, 3.63) is 34.2 Å². The van der Waals surface area contributed by atoms with Gasteiger partial charge in [0.25, 0.3) is 10.0 Å². The number of thiophene rings is 1. The summed E-state index contributed by atoms with van der Waals surface area (Å²) in [6, 6.07) is 2.17. The van der Waals surface area contributed by atoms with Crippen molar-refractivity contribution < 1.29 is 8.42 Å². The Kier molecular flexibility index (Phi) is 4.12. The van der Waals surface area contributed by atoms with Gasteiger partial charge >= 0.3 is 0 Å². The van der Waals surface area contributed by atoms with Gasteiger partial charge in [0.2, 0.25) is 0 Å². The molecule has 21 heavy (non-hydrogen) atoms. The Morgan fingerprint density at radius 2 is 2.33 bits per heavy atom. The second kappa shape index (κ2) is 5.88. The number of sulfonamides is 1. The first kappa shape index (κ1) is 14.7. The monoisotopic (exact) mass is 326 g/mol. The number of hydrogen-bond donors (Lipinski definition) is 3. The van der Waals surface area contributed by atoms with Crippen LogP contribution in [0.2, 0.25) is 0 Å². The number of H-pyrrole nitrogens is 1. The van der Waals surface area contributed by atoms with Gasteiger partial charge in [0.15, 0.2) is 5.03 Å². The van der Waals surface area contributed by atoms with E-state index in [9.17, 15) is 8.42 Å². The van der Waals surface area contributed by atoms with Crippen molar-refractivity contribution in [2.75, 3.05) is 0 Å². The molecule has 1 atom stereocenters. The molecule has 2 aromatic rings. The first-order valence-electron chi connectivity index (χ1n) is 6.86. The maximum absolute atomic E-state index is 12.5. The van der Waals surface area contributed by atoms with Crippen LogP contribution >= 0.6 is 11.3 Å². The highest BCUT2D eigenvalue weighted by Gasteiger charge is 2.25. The zero-order chi connectivity index (χ0) is 14.9. The second-order valence-corrected chi connectivity index (χ2v) is 7.71. The molecule has 0 bridgehead atoms. The first-order chi connectivity index (χ1) is 10.1. The van der Waals surface area contributed by atoms with Gasteiger partial charge in [-0.1, -0.05) is 0 Å². The number of nitrogens with zero attached hydrogens (tertiary/aromatic N) is 1. The highest BCUT2D eigenvalue weighted by Crippen LogP contribution is 2.22. The molecule has 0 saturated heterocycles. The molecule has 3 rings (SSSR count). The summed E-state index contributed by atoms with van der Waals surface area (Å²) < 4.78 is 27.6. The van der Waals surface area contributed by atoms with Gasteiger partial charge in [-0.15, -0.1) is 0 Å². The quantitative estimate of drug-likeness (QED) is 0.723. The molecule has 1 saturated carbocycles. The lowest BCUT2D eigenvalue weighted by Gasteiger charge is -2.13. The molecule has 1 fully saturated rings. The van der Waals surface area contributed by atoms with Gasteiger partial charge in [0, 0.05) is 24.2 Å². The second-order valence-electron chi connectivity index (χ2n) is 5.28. The summed E-state index contributed by atoms with van der Waals surface area (Å²) in [5.41, 5.74) is 1.63. The van der Waals surface area contributed by atoms with Crippen LogP contribution < -0.4 is 10.0 Å². The third-order valence-electron chi connectivity index (χ3n) is 3.48. The maximum atomic E-state index is 12.5. The van der Waals surface area contributed by atoms with Gasteiger partial charge in [-0.2, -0.15) is 16.4 Å². The van der Waals surface area contributed by atoms with Crippen molar-refractivity contribution >= 4 is 21.4 Å². The summed E-state index contributed by atoms with van der Waals surface area (Å²) in [5, 5.41) is 13.8. The van der Waals surface area contributed by atoms with Crippen molar-refractivity contribution in [3.63, 3.8) is 0 Å². The van der Waals surface area contributed by atoms with Crippen LogP contribution in [0.25, 0.3) is 0 Å². The van der Waals surface area contributed by atoms with E-state index < -0.39 is 10.0 Å². The molecule has 0 spiro atoms. The molecule has 114 valence electrons. The fraction of sp³-hybridized carbons (Fsp3) is 0.462. The summed E-state index contributed by atoms with van der Waals surface area (Å²) in [6.07, 6.45) is 3.89. The lowest BCUT2D eigenvalue weighted by atomic mass is 10.2. The Labute approximate surface area is 128 Å². The summed E-state index contributed by atoms with van der Waals surface area (Å²) in [5.74, 6) is 0. The van der Waals surface area contributed by atoms with Gasteiger partial charge < -0.3 is 5.32 Å². The lowest BCUT2D eigenvalue weighted by molar-refractivity contribution is 0.560. The minimum Gasteiger partial charge on any atom is -0.310 e. The van der Waals surface area contributed by atoms with Crippen molar-refractivity contribution in [1.82, 2.24) is 20.2 Å². The molecule has 3 N–H and O–H groups in total. The number of nitrogens with one attached hydrogen (secondary N) is 3. The van der Waals surface area contributed by atoms with Crippen LogP contribution in [0.5, 0.6) is 0 Å². The Bertz CT molecular complexity index is 690. The fourth-order valence-corrected chi connectivity index (χ4v) is 4.20. The van der Waals surface area contributed by atoms with Crippen molar-refractivity contribution in [1.29, 1.82) is 0 Å². The van der Waals surface area contributed by atoms with Gasteiger partial charge in [0.1, 0.15) is 0 Å². The SMILES string of the molecule is CC(NS(=O)(=O)c1[nH]ncc1CNC1CC1)c1ccsc1. The Balaban J connectivity index is 1.73. The van der Waals surface area contributed by atoms with E-state index in [1.807, 2.05) is 23.8 Å².